The molecule has 4 nitrogen and oxygen atoms in total. The zero-order chi connectivity index (χ0) is 14.5. The summed E-state index contributed by atoms with van der Waals surface area (Å²) in [6, 6.07) is 7.50. The molecule has 0 aliphatic carbocycles. The Morgan fingerprint density at radius 2 is 1.86 bits per heavy atom. The van der Waals surface area contributed by atoms with E-state index in [4.69, 9.17) is 5.73 Å². The molecule has 0 unspecified atom stereocenters. The maximum atomic E-state index is 12.2. The molecule has 0 spiro atoms. The second kappa shape index (κ2) is 9.93. The third kappa shape index (κ3) is 6.03. The van der Waals surface area contributed by atoms with Gasteiger partial charge < -0.3 is 16.0 Å². The van der Waals surface area contributed by atoms with Gasteiger partial charge in [-0.2, -0.15) is 0 Å². The van der Waals surface area contributed by atoms with Gasteiger partial charge in [-0.05, 0) is 30.9 Å². The van der Waals surface area contributed by atoms with Crippen LogP contribution in [-0.4, -0.2) is 36.5 Å². The van der Waals surface area contributed by atoms with Crippen molar-refractivity contribution in [2.75, 3.05) is 25.4 Å². The van der Waals surface area contributed by atoms with Crippen molar-refractivity contribution >= 4 is 36.4 Å². The largest absolute Gasteiger partial charge is 0.398 e. The molecule has 1 amide bonds. The molecule has 0 bridgehead atoms. The summed E-state index contributed by atoms with van der Waals surface area (Å²) in [6.45, 7) is 7.76. The second-order valence-electron chi connectivity index (χ2n) is 6.03. The van der Waals surface area contributed by atoms with Crippen LogP contribution in [0.25, 0.3) is 0 Å². The number of benzene rings is 1. The SMILES string of the molecule is CC(C)CN1CCC(NC(=O)c2ccccc2N)CC1.Cl.Cl. The van der Waals surface area contributed by atoms with Crippen molar-refractivity contribution in [3.05, 3.63) is 29.8 Å². The Bertz CT molecular complexity index is 460. The third-order valence-electron chi connectivity index (χ3n) is 3.75. The Kier molecular flexibility index (Phi) is 9.49. The van der Waals surface area contributed by atoms with E-state index >= 15 is 0 Å². The fourth-order valence-electron chi connectivity index (χ4n) is 2.74. The molecule has 2 rings (SSSR count). The molecular formula is C16H27Cl2N3O. The standard InChI is InChI=1S/C16H25N3O.2ClH/c1-12(2)11-19-9-7-13(8-10-19)18-16(20)14-5-3-4-6-15(14)17;;/h3-6,12-13H,7-11,17H2,1-2H3,(H,18,20);2*1H. The summed E-state index contributed by atoms with van der Waals surface area (Å²) in [7, 11) is 0. The van der Waals surface area contributed by atoms with Crippen LogP contribution in [0, 0.1) is 5.92 Å². The van der Waals surface area contributed by atoms with Crippen LogP contribution in [0.1, 0.15) is 37.0 Å². The van der Waals surface area contributed by atoms with Gasteiger partial charge in [0.05, 0.1) is 5.56 Å². The van der Waals surface area contributed by atoms with E-state index in [-0.39, 0.29) is 36.8 Å². The molecule has 1 aliphatic heterocycles. The number of para-hydroxylation sites is 1. The Morgan fingerprint density at radius 3 is 2.41 bits per heavy atom. The number of rotatable bonds is 4. The molecule has 0 atom stereocenters. The van der Waals surface area contributed by atoms with Gasteiger partial charge in [-0.25, -0.2) is 0 Å². The fraction of sp³-hybridized carbons (Fsp3) is 0.562. The van der Waals surface area contributed by atoms with Gasteiger partial charge in [0.2, 0.25) is 0 Å². The van der Waals surface area contributed by atoms with Crippen LogP contribution in [0.3, 0.4) is 0 Å². The van der Waals surface area contributed by atoms with Gasteiger partial charge in [-0.3, -0.25) is 4.79 Å². The highest BCUT2D eigenvalue weighted by Gasteiger charge is 2.21. The van der Waals surface area contributed by atoms with Crippen molar-refractivity contribution < 1.29 is 4.79 Å². The molecule has 1 heterocycles. The van der Waals surface area contributed by atoms with E-state index in [1.165, 1.54) is 0 Å². The van der Waals surface area contributed by atoms with Gasteiger partial charge in [-0.1, -0.05) is 26.0 Å². The van der Waals surface area contributed by atoms with Gasteiger partial charge in [0.25, 0.3) is 5.91 Å². The number of halogens is 2. The van der Waals surface area contributed by atoms with Gasteiger partial charge in [0, 0.05) is 31.4 Å². The highest BCUT2D eigenvalue weighted by Crippen LogP contribution is 2.15. The number of hydrogen-bond acceptors (Lipinski definition) is 3. The highest BCUT2D eigenvalue weighted by atomic mass is 35.5. The molecule has 3 N–H and O–H groups in total. The van der Waals surface area contributed by atoms with Crippen molar-refractivity contribution in [3.8, 4) is 0 Å². The predicted octanol–water partition coefficient (Wildman–Crippen LogP) is 2.96. The van der Waals surface area contributed by atoms with Crippen molar-refractivity contribution in [2.45, 2.75) is 32.7 Å². The van der Waals surface area contributed by atoms with Crippen molar-refractivity contribution in [1.29, 1.82) is 0 Å². The van der Waals surface area contributed by atoms with E-state index in [1.54, 1.807) is 12.1 Å². The Hall–Kier alpha value is -0.970. The molecule has 1 fully saturated rings. The molecule has 0 radical (unpaired) electrons. The molecule has 1 saturated heterocycles. The monoisotopic (exact) mass is 347 g/mol. The molecule has 22 heavy (non-hydrogen) atoms. The maximum absolute atomic E-state index is 12.2. The quantitative estimate of drug-likeness (QED) is 0.823. The van der Waals surface area contributed by atoms with Crippen LogP contribution in [0.5, 0.6) is 0 Å². The van der Waals surface area contributed by atoms with Gasteiger partial charge in [0.15, 0.2) is 0 Å². The number of nitrogens with zero attached hydrogens (tertiary/aromatic N) is 1. The summed E-state index contributed by atoms with van der Waals surface area (Å²) in [5, 5.41) is 3.10. The molecule has 6 heteroatoms. The number of anilines is 1. The lowest BCUT2D eigenvalue weighted by Gasteiger charge is -2.33. The van der Waals surface area contributed by atoms with E-state index in [0.717, 1.165) is 32.5 Å². The van der Waals surface area contributed by atoms with Crippen LogP contribution >= 0.6 is 24.8 Å². The van der Waals surface area contributed by atoms with E-state index in [2.05, 4.69) is 24.1 Å². The Balaban J connectivity index is 0.00000220. The number of hydrogen-bond donors (Lipinski definition) is 2. The van der Waals surface area contributed by atoms with Crippen LogP contribution in [-0.2, 0) is 0 Å². The molecule has 0 aromatic heterocycles. The summed E-state index contributed by atoms with van der Waals surface area (Å²) in [5.74, 6) is 0.649. The first-order chi connectivity index (χ1) is 9.56. The maximum Gasteiger partial charge on any atom is 0.253 e. The van der Waals surface area contributed by atoms with Gasteiger partial charge in [-0.15, -0.1) is 24.8 Å². The minimum absolute atomic E-state index is 0. The lowest BCUT2D eigenvalue weighted by Crippen LogP contribution is -2.45. The van der Waals surface area contributed by atoms with Crippen molar-refractivity contribution in [2.24, 2.45) is 5.92 Å². The lowest BCUT2D eigenvalue weighted by molar-refractivity contribution is 0.0908. The molecular weight excluding hydrogens is 321 g/mol. The third-order valence-corrected chi connectivity index (χ3v) is 3.75. The Morgan fingerprint density at radius 1 is 1.27 bits per heavy atom. The zero-order valence-corrected chi connectivity index (χ0v) is 14.9. The number of piperidine rings is 1. The number of nitrogens with one attached hydrogen (secondary N) is 1. The summed E-state index contributed by atoms with van der Waals surface area (Å²) >= 11 is 0. The van der Waals surface area contributed by atoms with Crippen molar-refractivity contribution in [1.82, 2.24) is 10.2 Å². The summed E-state index contributed by atoms with van der Waals surface area (Å²) in [6.07, 6.45) is 2.04. The fourth-order valence-corrected chi connectivity index (χ4v) is 2.74. The summed E-state index contributed by atoms with van der Waals surface area (Å²) < 4.78 is 0. The highest BCUT2D eigenvalue weighted by molar-refractivity contribution is 5.99. The molecule has 1 aliphatic rings. The van der Waals surface area contributed by atoms with Crippen LogP contribution in [0.15, 0.2) is 24.3 Å². The lowest BCUT2D eigenvalue weighted by atomic mass is 10.0. The normalized spacial score (nSPS) is 15.8. The van der Waals surface area contributed by atoms with E-state index in [1.807, 2.05) is 12.1 Å². The topological polar surface area (TPSA) is 58.4 Å². The summed E-state index contributed by atoms with van der Waals surface area (Å²) in [4.78, 5) is 14.7. The first-order valence-corrected chi connectivity index (χ1v) is 7.44. The number of carbonyl (C=O) groups excluding carboxylic acids is 1. The smallest absolute Gasteiger partial charge is 0.253 e. The van der Waals surface area contributed by atoms with Crippen LogP contribution in [0.4, 0.5) is 5.69 Å². The first-order valence-electron chi connectivity index (χ1n) is 7.44. The average molecular weight is 348 g/mol. The first kappa shape index (κ1) is 21.0. The number of amides is 1. The molecule has 1 aromatic carbocycles. The van der Waals surface area contributed by atoms with Crippen molar-refractivity contribution in [3.63, 3.8) is 0 Å². The number of nitrogens with two attached hydrogens (primary N) is 1. The Labute approximate surface area is 145 Å². The van der Waals surface area contributed by atoms with Gasteiger partial charge >= 0.3 is 0 Å². The zero-order valence-electron chi connectivity index (χ0n) is 13.2. The van der Waals surface area contributed by atoms with E-state index < -0.39 is 0 Å². The van der Waals surface area contributed by atoms with Crippen LogP contribution < -0.4 is 11.1 Å². The van der Waals surface area contributed by atoms with E-state index in [0.29, 0.717) is 17.2 Å². The molecule has 126 valence electrons. The molecule has 1 aromatic rings. The number of likely N-dealkylation sites (tertiary alicyclic amines) is 1. The minimum Gasteiger partial charge on any atom is -0.398 e. The van der Waals surface area contributed by atoms with Crippen LogP contribution in [0.2, 0.25) is 0 Å². The number of nitrogen functional groups attached to an aromatic ring is 1. The predicted molar refractivity (Wildman–Crippen MR) is 97.1 cm³/mol. The summed E-state index contributed by atoms with van der Waals surface area (Å²) in [5.41, 5.74) is 6.96. The minimum atomic E-state index is -0.0505. The average Bonchev–Trinajstić information content (AvgIpc) is 2.41. The second-order valence-corrected chi connectivity index (χ2v) is 6.03. The van der Waals surface area contributed by atoms with Gasteiger partial charge in [0.1, 0.15) is 0 Å². The number of carbonyl (C=O) groups is 1. The molecule has 0 saturated carbocycles. The van der Waals surface area contributed by atoms with E-state index in [9.17, 15) is 4.79 Å².